The van der Waals surface area contributed by atoms with Gasteiger partial charge in [-0.25, -0.2) is 4.39 Å². The summed E-state index contributed by atoms with van der Waals surface area (Å²) in [5.41, 5.74) is 0.518. The molecule has 3 aromatic heterocycles. The SMILES string of the molecule is O=C(c1cccc(Cl)c1F)n1nccc1-c1ccc(-c2cccs2)s1. The van der Waals surface area contributed by atoms with Crippen LogP contribution >= 0.6 is 34.3 Å². The number of benzene rings is 1. The predicted octanol–water partition coefficient (Wildman–Crippen LogP) is 5.82. The van der Waals surface area contributed by atoms with Gasteiger partial charge in [0.05, 0.1) is 27.4 Å². The lowest BCUT2D eigenvalue weighted by atomic mass is 10.2. The molecule has 0 saturated heterocycles. The Bertz CT molecular complexity index is 1050. The van der Waals surface area contributed by atoms with Crippen molar-refractivity contribution in [2.24, 2.45) is 0 Å². The van der Waals surface area contributed by atoms with Gasteiger partial charge in [-0.15, -0.1) is 22.7 Å². The fourth-order valence-electron chi connectivity index (χ4n) is 2.46. The Hall–Kier alpha value is -2.28. The van der Waals surface area contributed by atoms with E-state index in [1.807, 2.05) is 29.6 Å². The quantitative estimate of drug-likeness (QED) is 0.443. The lowest BCUT2D eigenvalue weighted by molar-refractivity contribution is 0.0943. The minimum Gasteiger partial charge on any atom is -0.267 e. The number of hydrogen-bond donors (Lipinski definition) is 0. The summed E-state index contributed by atoms with van der Waals surface area (Å²) in [5.74, 6) is -1.29. The number of thiophene rings is 2. The molecule has 0 radical (unpaired) electrons. The summed E-state index contributed by atoms with van der Waals surface area (Å²) < 4.78 is 15.4. The molecular formula is C18H10ClFN2OS2. The van der Waals surface area contributed by atoms with Crippen molar-refractivity contribution in [2.45, 2.75) is 0 Å². The highest BCUT2D eigenvalue weighted by molar-refractivity contribution is 7.23. The molecule has 3 nitrogen and oxygen atoms in total. The zero-order valence-electron chi connectivity index (χ0n) is 12.6. The summed E-state index contributed by atoms with van der Waals surface area (Å²) in [7, 11) is 0. The Balaban J connectivity index is 1.74. The van der Waals surface area contributed by atoms with E-state index in [1.165, 1.54) is 23.0 Å². The smallest absolute Gasteiger partial charge is 0.267 e. The van der Waals surface area contributed by atoms with Crippen molar-refractivity contribution >= 4 is 40.2 Å². The normalized spacial score (nSPS) is 11.0. The number of rotatable bonds is 3. The van der Waals surface area contributed by atoms with E-state index in [4.69, 9.17) is 11.6 Å². The molecule has 0 aliphatic heterocycles. The van der Waals surface area contributed by atoms with Gasteiger partial charge in [-0.05, 0) is 41.8 Å². The van der Waals surface area contributed by atoms with Crippen LogP contribution in [0, 0.1) is 5.82 Å². The average molecular weight is 389 g/mol. The van der Waals surface area contributed by atoms with Crippen LogP contribution in [0.3, 0.4) is 0 Å². The van der Waals surface area contributed by atoms with E-state index in [2.05, 4.69) is 5.10 Å². The molecule has 0 amide bonds. The van der Waals surface area contributed by atoms with Gasteiger partial charge < -0.3 is 0 Å². The minimum atomic E-state index is -0.735. The van der Waals surface area contributed by atoms with Crippen molar-refractivity contribution < 1.29 is 9.18 Å². The lowest BCUT2D eigenvalue weighted by Crippen LogP contribution is -2.16. The number of hydrogen-bond acceptors (Lipinski definition) is 4. The van der Waals surface area contributed by atoms with Crippen LogP contribution in [0.15, 0.2) is 60.1 Å². The van der Waals surface area contributed by atoms with Gasteiger partial charge in [0.15, 0.2) is 5.82 Å². The first kappa shape index (κ1) is 16.2. The highest BCUT2D eigenvalue weighted by Crippen LogP contribution is 2.36. The molecule has 0 aliphatic rings. The third-order valence-corrected chi connectivity index (χ3v) is 6.10. The topological polar surface area (TPSA) is 34.9 Å². The van der Waals surface area contributed by atoms with Crippen molar-refractivity contribution in [3.05, 3.63) is 76.5 Å². The third kappa shape index (κ3) is 2.93. The van der Waals surface area contributed by atoms with Gasteiger partial charge in [-0.2, -0.15) is 9.78 Å². The summed E-state index contributed by atoms with van der Waals surface area (Å²) in [4.78, 5) is 15.9. The molecule has 0 unspecified atom stereocenters. The van der Waals surface area contributed by atoms with Gasteiger partial charge in [0.2, 0.25) is 0 Å². The van der Waals surface area contributed by atoms with E-state index in [-0.39, 0.29) is 10.6 Å². The monoisotopic (exact) mass is 388 g/mol. The maximum absolute atomic E-state index is 14.2. The van der Waals surface area contributed by atoms with Crippen LogP contribution in [-0.2, 0) is 0 Å². The van der Waals surface area contributed by atoms with Gasteiger partial charge in [-0.1, -0.05) is 23.7 Å². The second kappa shape index (κ2) is 6.55. The Morgan fingerprint density at radius 3 is 2.68 bits per heavy atom. The van der Waals surface area contributed by atoms with E-state index in [9.17, 15) is 9.18 Å². The fourth-order valence-corrected chi connectivity index (χ4v) is 4.49. The molecular weight excluding hydrogens is 379 g/mol. The molecule has 0 aliphatic carbocycles. The summed E-state index contributed by atoms with van der Waals surface area (Å²) in [6.45, 7) is 0. The van der Waals surface area contributed by atoms with Crippen LogP contribution in [0.4, 0.5) is 4.39 Å². The molecule has 1 aromatic carbocycles. The van der Waals surface area contributed by atoms with Crippen LogP contribution in [-0.4, -0.2) is 15.7 Å². The third-order valence-electron chi connectivity index (χ3n) is 3.64. The standard InChI is InChI=1S/C18H10ClFN2OS2/c19-12-4-1-3-11(17(12)20)18(23)22-13(8-9-21-22)14-6-7-16(25-14)15-5-2-10-24-15/h1-10H. The number of aromatic nitrogens is 2. The molecule has 0 saturated carbocycles. The Kier molecular flexibility index (Phi) is 4.25. The van der Waals surface area contributed by atoms with E-state index < -0.39 is 11.7 Å². The van der Waals surface area contributed by atoms with Crippen molar-refractivity contribution in [1.82, 2.24) is 9.78 Å². The van der Waals surface area contributed by atoms with Crippen LogP contribution in [0.5, 0.6) is 0 Å². The molecule has 0 fully saturated rings. The highest BCUT2D eigenvalue weighted by atomic mass is 35.5. The van der Waals surface area contributed by atoms with Crippen LogP contribution in [0.1, 0.15) is 10.4 Å². The number of nitrogens with zero attached hydrogens (tertiary/aromatic N) is 2. The lowest BCUT2D eigenvalue weighted by Gasteiger charge is -2.06. The van der Waals surface area contributed by atoms with E-state index in [0.717, 1.165) is 14.6 Å². The largest absolute Gasteiger partial charge is 0.281 e. The maximum Gasteiger partial charge on any atom is 0.281 e. The molecule has 0 bridgehead atoms. The predicted molar refractivity (Wildman–Crippen MR) is 100.0 cm³/mol. The zero-order valence-corrected chi connectivity index (χ0v) is 15.0. The average Bonchev–Trinajstić information content (AvgIpc) is 3.36. The number of halogens is 2. The summed E-state index contributed by atoms with van der Waals surface area (Å²) in [6.07, 6.45) is 1.53. The zero-order chi connectivity index (χ0) is 17.4. The molecule has 0 N–H and O–H groups in total. The fraction of sp³-hybridized carbons (Fsp3) is 0. The second-order valence-corrected chi connectivity index (χ2v) is 7.61. The Morgan fingerprint density at radius 2 is 1.88 bits per heavy atom. The Morgan fingerprint density at radius 1 is 1.04 bits per heavy atom. The van der Waals surface area contributed by atoms with Crippen LogP contribution < -0.4 is 0 Å². The molecule has 0 spiro atoms. The minimum absolute atomic E-state index is 0.0874. The van der Waals surface area contributed by atoms with Gasteiger partial charge in [0.1, 0.15) is 0 Å². The van der Waals surface area contributed by atoms with Gasteiger partial charge in [0, 0.05) is 9.75 Å². The van der Waals surface area contributed by atoms with Crippen LogP contribution in [0.2, 0.25) is 5.02 Å². The van der Waals surface area contributed by atoms with Gasteiger partial charge in [-0.3, -0.25) is 4.79 Å². The Labute approximate surface area is 155 Å². The first-order valence-electron chi connectivity index (χ1n) is 7.32. The number of carbonyl (C=O) groups excluding carboxylic acids is 1. The maximum atomic E-state index is 14.2. The first-order chi connectivity index (χ1) is 12.1. The van der Waals surface area contributed by atoms with E-state index in [0.29, 0.717) is 5.69 Å². The molecule has 25 heavy (non-hydrogen) atoms. The van der Waals surface area contributed by atoms with E-state index >= 15 is 0 Å². The second-order valence-electron chi connectivity index (χ2n) is 5.18. The molecule has 0 atom stereocenters. The van der Waals surface area contributed by atoms with Crippen molar-refractivity contribution in [2.75, 3.05) is 0 Å². The molecule has 124 valence electrons. The number of carbonyl (C=O) groups is 1. The highest BCUT2D eigenvalue weighted by Gasteiger charge is 2.20. The first-order valence-corrected chi connectivity index (χ1v) is 9.39. The van der Waals surface area contributed by atoms with Gasteiger partial charge in [0.25, 0.3) is 5.91 Å². The summed E-state index contributed by atoms with van der Waals surface area (Å²) >= 11 is 9.00. The molecule has 3 heterocycles. The van der Waals surface area contributed by atoms with Crippen molar-refractivity contribution in [3.8, 4) is 20.3 Å². The van der Waals surface area contributed by atoms with E-state index in [1.54, 1.807) is 34.8 Å². The van der Waals surface area contributed by atoms with Gasteiger partial charge >= 0.3 is 0 Å². The summed E-state index contributed by atoms with van der Waals surface area (Å²) in [5, 5.41) is 6.01. The van der Waals surface area contributed by atoms with Crippen LogP contribution in [0.25, 0.3) is 20.3 Å². The molecule has 4 aromatic rings. The molecule has 7 heteroatoms. The van der Waals surface area contributed by atoms with Crippen molar-refractivity contribution in [1.29, 1.82) is 0 Å². The summed E-state index contributed by atoms with van der Waals surface area (Å²) in [6, 6.07) is 14.1. The van der Waals surface area contributed by atoms with Crippen molar-refractivity contribution in [3.63, 3.8) is 0 Å². The molecule has 4 rings (SSSR count).